The Bertz CT molecular complexity index is 1340. The van der Waals surface area contributed by atoms with Crippen LogP contribution in [0.5, 0.6) is 0 Å². The van der Waals surface area contributed by atoms with E-state index in [0.717, 1.165) is 28.0 Å². The number of benzene rings is 2. The second-order valence-electron chi connectivity index (χ2n) is 9.22. The normalized spacial score (nSPS) is 14.8. The molecule has 1 heterocycles. The first-order chi connectivity index (χ1) is 16.3. The number of H-pyrrole nitrogens is 1. The van der Waals surface area contributed by atoms with Crippen molar-refractivity contribution in [2.75, 3.05) is 0 Å². The fourth-order valence-corrected chi connectivity index (χ4v) is 3.81. The second-order valence-corrected chi connectivity index (χ2v) is 9.22. The maximum atomic E-state index is 13.3. The van der Waals surface area contributed by atoms with E-state index in [-0.39, 0.29) is 18.7 Å². The van der Waals surface area contributed by atoms with Crippen LogP contribution in [0, 0.1) is 18.8 Å². The molecule has 8 nitrogen and oxygen atoms in total. The predicted octanol–water partition coefficient (Wildman–Crippen LogP) is 2.99. The summed E-state index contributed by atoms with van der Waals surface area (Å²) in [5, 5.41) is 9.25. The van der Waals surface area contributed by atoms with Crippen LogP contribution < -0.4 is 17.0 Å². The van der Waals surface area contributed by atoms with E-state index in [0.29, 0.717) is 5.69 Å². The highest BCUT2D eigenvalue weighted by Gasteiger charge is 2.20. The SMILES string of the molecule is Cc1ccc(Cn2c(=O)n(C[C@H](C)C(=O)O)c(=O)[nH]/c2=N\c2ccc(CCC3CC3)cc2)cc1. The Morgan fingerprint density at radius 1 is 1.06 bits per heavy atom. The highest BCUT2D eigenvalue weighted by atomic mass is 16.4. The summed E-state index contributed by atoms with van der Waals surface area (Å²) in [6, 6.07) is 15.5. The molecule has 0 unspecified atom stereocenters. The van der Waals surface area contributed by atoms with Crippen LogP contribution in [0.1, 0.15) is 42.9 Å². The maximum Gasteiger partial charge on any atom is 0.335 e. The molecule has 0 spiro atoms. The van der Waals surface area contributed by atoms with Gasteiger partial charge in [0.15, 0.2) is 0 Å². The lowest BCUT2D eigenvalue weighted by atomic mass is 10.1. The first kappa shape index (κ1) is 23.5. The van der Waals surface area contributed by atoms with E-state index in [1.54, 1.807) is 0 Å². The van der Waals surface area contributed by atoms with Gasteiger partial charge in [0.25, 0.3) is 0 Å². The van der Waals surface area contributed by atoms with Crippen LogP contribution in [-0.4, -0.2) is 25.2 Å². The van der Waals surface area contributed by atoms with Crippen molar-refractivity contribution in [2.45, 2.75) is 52.6 Å². The van der Waals surface area contributed by atoms with Crippen molar-refractivity contribution in [3.05, 3.63) is 91.8 Å². The highest BCUT2D eigenvalue weighted by molar-refractivity contribution is 5.69. The lowest BCUT2D eigenvalue weighted by Crippen LogP contribution is -2.51. The number of carboxylic acid groups (broad SMARTS) is 1. The molecule has 0 radical (unpaired) electrons. The minimum atomic E-state index is -1.08. The molecule has 1 aliphatic carbocycles. The van der Waals surface area contributed by atoms with Gasteiger partial charge in [-0.1, -0.05) is 61.7 Å². The molecule has 3 aromatic rings. The molecule has 0 amide bonds. The molecule has 1 saturated carbocycles. The molecule has 1 fully saturated rings. The Kier molecular flexibility index (Phi) is 6.95. The summed E-state index contributed by atoms with van der Waals surface area (Å²) in [5.41, 5.74) is 2.67. The number of aromatic nitrogens is 3. The Morgan fingerprint density at radius 3 is 2.32 bits per heavy atom. The number of nitrogens with one attached hydrogen (secondary N) is 1. The molecular formula is C26H30N4O4. The molecule has 178 valence electrons. The number of aromatic amines is 1. The van der Waals surface area contributed by atoms with Gasteiger partial charge in [-0.25, -0.2) is 19.1 Å². The Hall–Kier alpha value is -3.68. The average Bonchev–Trinajstić information content (AvgIpc) is 3.64. The fraction of sp³-hybridized carbons (Fsp3) is 0.385. The molecule has 1 atom stereocenters. The third-order valence-electron chi connectivity index (χ3n) is 6.23. The molecule has 1 aliphatic rings. The topological polar surface area (TPSA) is 109 Å². The van der Waals surface area contributed by atoms with Crippen LogP contribution in [-0.2, 0) is 24.3 Å². The standard InChI is InChI=1S/C26H30N4O4/c1-17-3-5-21(6-4-17)16-29-24(28-25(33)30(26(29)34)15-18(2)23(31)32)27-22-13-11-20(12-14-22)10-9-19-7-8-19/h3-6,11-14,18-19H,7-10,15-16H2,1-2H3,(H,31,32)(H,27,28,33)/t18-/m0/s1. The van der Waals surface area contributed by atoms with Crippen molar-refractivity contribution in [2.24, 2.45) is 16.8 Å². The molecule has 0 aliphatic heterocycles. The Balaban J connectivity index is 1.73. The van der Waals surface area contributed by atoms with E-state index in [2.05, 4.69) is 9.98 Å². The summed E-state index contributed by atoms with van der Waals surface area (Å²) in [4.78, 5) is 44.5. The molecule has 0 saturated heterocycles. The molecule has 2 N–H and O–H groups in total. The van der Waals surface area contributed by atoms with Crippen LogP contribution in [0.25, 0.3) is 0 Å². The Labute approximate surface area is 197 Å². The summed E-state index contributed by atoms with van der Waals surface area (Å²) >= 11 is 0. The zero-order valence-corrected chi connectivity index (χ0v) is 19.5. The van der Waals surface area contributed by atoms with Gasteiger partial charge in [-0.05, 0) is 48.9 Å². The molecular weight excluding hydrogens is 432 g/mol. The van der Waals surface area contributed by atoms with E-state index < -0.39 is 23.3 Å². The van der Waals surface area contributed by atoms with Gasteiger partial charge in [0.2, 0.25) is 5.62 Å². The van der Waals surface area contributed by atoms with Crippen LogP contribution in [0.3, 0.4) is 0 Å². The summed E-state index contributed by atoms with van der Waals surface area (Å²) in [6.45, 7) is 3.40. The van der Waals surface area contributed by atoms with Crippen molar-refractivity contribution in [1.82, 2.24) is 14.1 Å². The fourth-order valence-electron chi connectivity index (χ4n) is 3.81. The van der Waals surface area contributed by atoms with Crippen molar-refractivity contribution >= 4 is 11.7 Å². The number of aryl methyl sites for hydroxylation is 2. The largest absolute Gasteiger partial charge is 0.481 e. The molecule has 0 bridgehead atoms. The summed E-state index contributed by atoms with van der Waals surface area (Å²) in [5.74, 6) is -1.10. The van der Waals surface area contributed by atoms with Crippen molar-refractivity contribution in [1.29, 1.82) is 0 Å². The number of hydrogen-bond acceptors (Lipinski definition) is 4. The Morgan fingerprint density at radius 2 is 1.71 bits per heavy atom. The van der Waals surface area contributed by atoms with Crippen LogP contribution in [0.4, 0.5) is 5.69 Å². The average molecular weight is 463 g/mol. The van der Waals surface area contributed by atoms with E-state index >= 15 is 0 Å². The molecule has 34 heavy (non-hydrogen) atoms. The number of carbonyl (C=O) groups is 1. The lowest BCUT2D eigenvalue weighted by molar-refractivity contribution is -0.141. The summed E-state index contributed by atoms with van der Waals surface area (Å²) in [6.07, 6.45) is 4.90. The van der Waals surface area contributed by atoms with Gasteiger partial charge in [0.1, 0.15) is 0 Å². The molecule has 4 rings (SSSR count). The third kappa shape index (κ3) is 5.81. The number of nitrogens with zero attached hydrogens (tertiary/aromatic N) is 3. The number of hydrogen-bond donors (Lipinski definition) is 2. The first-order valence-electron chi connectivity index (χ1n) is 11.7. The summed E-state index contributed by atoms with van der Waals surface area (Å²) < 4.78 is 2.30. The van der Waals surface area contributed by atoms with Gasteiger partial charge in [-0.2, -0.15) is 0 Å². The quantitative estimate of drug-likeness (QED) is 0.509. The zero-order valence-electron chi connectivity index (χ0n) is 19.5. The number of aliphatic carboxylic acids is 1. The first-order valence-corrected chi connectivity index (χ1v) is 11.7. The minimum Gasteiger partial charge on any atom is -0.481 e. The van der Waals surface area contributed by atoms with Gasteiger partial charge in [-0.15, -0.1) is 0 Å². The molecule has 8 heteroatoms. The maximum absolute atomic E-state index is 13.3. The zero-order chi connectivity index (χ0) is 24.2. The van der Waals surface area contributed by atoms with E-state index in [1.165, 1.54) is 36.3 Å². The van der Waals surface area contributed by atoms with Gasteiger partial charge < -0.3 is 5.11 Å². The van der Waals surface area contributed by atoms with Gasteiger partial charge in [-0.3, -0.25) is 14.3 Å². The van der Waals surface area contributed by atoms with Gasteiger partial charge in [0, 0.05) is 6.54 Å². The van der Waals surface area contributed by atoms with Gasteiger partial charge in [0.05, 0.1) is 18.2 Å². The molecule has 1 aromatic heterocycles. The lowest BCUT2D eigenvalue weighted by Gasteiger charge is -2.13. The third-order valence-corrected chi connectivity index (χ3v) is 6.23. The van der Waals surface area contributed by atoms with E-state index in [9.17, 15) is 19.5 Å². The van der Waals surface area contributed by atoms with Crippen LogP contribution in [0.15, 0.2) is 63.1 Å². The van der Waals surface area contributed by atoms with Crippen molar-refractivity contribution in [3.63, 3.8) is 0 Å². The number of rotatable bonds is 9. The van der Waals surface area contributed by atoms with E-state index in [1.807, 2.05) is 55.5 Å². The van der Waals surface area contributed by atoms with E-state index in [4.69, 9.17) is 0 Å². The minimum absolute atomic E-state index is 0.125. The monoisotopic (exact) mass is 462 g/mol. The van der Waals surface area contributed by atoms with Crippen LogP contribution >= 0.6 is 0 Å². The van der Waals surface area contributed by atoms with Crippen molar-refractivity contribution in [3.8, 4) is 0 Å². The van der Waals surface area contributed by atoms with Crippen molar-refractivity contribution < 1.29 is 9.90 Å². The molecule has 2 aromatic carbocycles. The number of carboxylic acids is 1. The van der Waals surface area contributed by atoms with Gasteiger partial charge >= 0.3 is 17.3 Å². The predicted molar refractivity (Wildman–Crippen MR) is 129 cm³/mol. The second kappa shape index (κ2) is 10.1. The van der Waals surface area contributed by atoms with Crippen LogP contribution in [0.2, 0.25) is 0 Å². The summed E-state index contributed by atoms with van der Waals surface area (Å²) in [7, 11) is 0. The highest BCUT2D eigenvalue weighted by Crippen LogP contribution is 2.33. The smallest absolute Gasteiger partial charge is 0.335 e.